The average molecular weight is 505 g/mol. The van der Waals surface area contributed by atoms with Gasteiger partial charge >= 0.3 is 6.18 Å². The van der Waals surface area contributed by atoms with E-state index in [0.29, 0.717) is 41.0 Å². The molecule has 5 nitrogen and oxygen atoms in total. The monoisotopic (exact) mass is 504 g/mol. The lowest BCUT2D eigenvalue weighted by Crippen LogP contribution is -2.45. The normalized spacial score (nSPS) is 18.1. The number of rotatable bonds is 6. The number of alkyl halides is 3. The maximum absolute atomic E-state index is 13.1. The largest absolute Gasteiger partial charge is 0.432 e. The predicted octanol–water partition coefficient (Wildman–Crippen LogP) is 6.08. The smallest absolute Gasteiger partial charge is 0.354 e. The topological polar surface area (TPSA) is 59.4 Å². The summed E-state index contributed by atoms with van der Waals surface area (Å²) in [6.45, 7) is 3.68. The zero-order valence-electron chi connectivity index (χ0n) is 19.2. The number of likely N-dealkylation sites (tertiary alicyclic amines) is 2. The van der Waals surface area contributed by atoms with Crippen LogP contribution in [-0.4, -0.2) is 59.8 Å². The third kappa shape index (κ3) is 6.24. The second-order valence-electron chi connectivity index (χ2n) is 8.92. The van der Waals surface area contributed by atoms with Crippen molar-refractivity contribution in [1.82, 2.24) is 9.80 Å². The summed E-state index contributed by atoms with van der Waals surface area (Å²) in [5, 5.41) is 10.7. The minimum absolute atomic E-state index is 0.0610. The molecule has 2 heterocycles. The molecule has 1 amide bonds. The molecule has 2 saturated heterocycles. The molecule has 0 saturated carbocycles. The van der Waals surface area contributed by atoms with Crippen LogP contribution < -0.4 is 5.32 Å². The van der Waals surface area contributed by atoms with Crippen molar-refractivity contribution >= 4 is 34.6 Å². The van der Waals surface area contributed by atoms with E-state index in [2.05, 4.69) is 10.2 Å². The van der Waals surface area contributed by atoms with Gasteiger partial charge in [0, 0.05) is 30.4 Å². The van der Waals surface area contributed by atoms with Gasteiger partial charge in [0.05, 0.1) is 10.7 Å². The number of hydrogen-bond donors (Lipinski definition) is 2. The molecule has 2 aliphatic heterocycles. The molecule has 2 N–H and O–H groups in total. The first kappa shape index (κ1) is 25.3. The molecule has 2 fully saturated rings. The molecule has 2 aromatic rings. The maximum atomic E-state index is 13.1. The molecule has 0 unspecified atom stereocenters. The van der Waals surface area contributed by atoms with E-state index in [0.717, 1.165) is 32.0 Å². The van der Waals surface area contributed by atoms with E-state index in [1.54, 1.807) is 48.5 Å². The van der Waals surface area contributed by atoms with Crippen LogP contribution in [-0.2, 0) is 0 Å². The fourth-order valence-corrected chi connectivity index (χ4v) is 4.82. The number of hydrogen-bond acceptors (Lipinski definition) is 4. The van der Waals surface area contributed by atoms with E-state index in [9.17, 15) is 18.0 Å². The summed E-state index contributed by atoms with van der Waals surface area (Å²) in [4.78, 5) is 17.4. The number of allylic oxidation sites excluding steroid dienone is 1. The zero-order valence-corrected chi connectivity index (χ0v) is 20.0. The highest BCUT2D eigenvalue weighted by atomic mass is 35.5. The van der Waals surface area contributed by atoms with E-state index in [-0.39, 0.29) is 11.6 Å². The van der Waals surface area contributed by atoms with Crippen LogP contribution in [0.5, 0.6) is 0 Å². The minimum Gasteiger partial charge on any atom is -0.354 e. The van der Waals surface area contributed by atoms with Crippen LogP contribution in [0.4, 0.5) is 18.9 Å². The van der Waals surface area contributed by atoms with Crippen LogP contribution in [0.25, 0.3) is 5.70 Å². The SMILES string of the molecule is N=C(/C=C(\Nc1ccccc1Cl)c1ccc(C(=O)N2CCC(N3CCCC3)CC2)cc1)C(F)(F)F. The first-order valence-electron chi connectivity index (χ1n) is 11.7. The Kier molecular flexibility index (Phi) is 7.82. The van der Waals surface area contributed by atoms with Gasteiger partial charge in [-0.1, -0.05) is 35.9 Å². The van der Waals surface area contributed by atoms with Gasteiger partial charge < -0.3 is 15.1 Å². The van der Waals surface area contributed by atoms with E-state index in [1.165, 1.54) is 12.8 Å². The molecule has 35 heavy (non-hydrogen) atoms. The second-order valence-corrected chi connectivity index (χ2v) is 9.33. The Hall–Kier alpha value is -2.84. The van der Waals surface area contributed by atoms with Crippen molar-refractivity contribution in [2.45, 2.75) is 37.9 Å². The van der Waals surface area contributed by atoms with Crippen LogP contribution in [0.2, 0.25) is 5.02 Å². The average Bonchev–Trinajstić information content (AvgIpc) is 3.39. The lowest BCUT2D eigenvalue weighted by atomic mass is 10.0. The highest BCUT2D eigenvalue weighted by molar-refractivity contribution is 6.33. The van der Waals surface area contributed by atoms with E-state index >= 15 is 0 Å². The van der Waals surface area contributed by atoms with Gasteiger partial charge in [-0.2, -0.15) is 13.2 Å². The Morgan fingerprint density at radius 3 is 2.17 bits per heavy atom. The molecule has 4 rings (SSSR count). The van der Waals surface area contributed by atoms with Gasteiger partial charge in [0.25, 0.3) is 5.91 Å². The Morgan fingerprint density at radius 2 is 1.57 bits per heavy atom. The Morgan fingerprint density at radius 1 is 0.971 bits per heavy atom. The molecule has 0 bridgehead atoms. The quantitative estimate of drug-likeness (QED) is 0.469. The number of para-hydroxylation sites is 1. The molecule has 0 aliphatic carbocycles. The Labute approximate surface area is 208 Å². The third-order valence-electron chi connectivity index (χ3n) is 6.59. The number of carbonyl (C=O) groups excluding carboxylic acids is 1. The summed E-state index contributed by atoms with van der Waals surface area (Å²) >= 11 is 6.17. The summed E-state index contributed by atoms with van der Waals surface area (Å²) in [7, 11) is 0. The van der Waals surface area contributed by atoms with Crippen molar-refractivity contribution < 1.29 is 18.0 Å². The van der Waals surface area contributed by atoms with Gasteiger partial charge in [0.2, 0.25) is 0 Å². The summed E-state index contributed by atoms with van der Waals surface area (Å²) in [6.07, 6.45) is 0.343. The lowest BCUT2D eigenvalue weighted by molar-refractivity contribution is -0.0583. The molecule has 0 atom stereocenters. The van der Waals surface area contributed by atoms with Gasteiger partial charge in [-0.25, -0.2) is 0 Å². The number of nitrogens with zero attached hydrogens (tertiary/aromatic N) is 2. The molecule has 186 valence electrons. The summed E-state index contributed by atoms with van der Waals surface area (Å²) in [5.41, 5.74) is -0.130. The van der Waals surface area contributed by atoms with Gasteiger partial charge in [-0.3, -0.25) is 10.2 Å². The van der Waals surface area contributed by atoms with Gasteiger partial charge in [0.1, 0.15) is 5.71 Å². The third-order valence-corrected chi connectivity index (χ3v) is 6.92. The molecule has 0 spiro atoms. The fourth-order valence-electron chi connectivity index (χ4n) is 4.64. The number of carbonyl (C=O) groups is 1. The van der Waals surface area contributed by atoms with Crippen LogP contribution in [0.15, 0.2) is 54.6 Å². The lowest BCUT2D eigenvalue weighted by Gasteiger charge is -2.36. The van der Waals surface area contributed by atoms with Crippen LogP contribution in [0.3, 0.4) is 0 Å². The van der Waals surface area contributed by atoms with Gasteiger partial charge in [-0.15, -0.1) is 0 Å². The van der Waals surface area contributed by atoms with Crippen molar-refractivity contribution in [2.75, 3.05) is 31.5 Å². The highest BCUT2D eigenvalue weighted by Crippen LogP contribution is 2.28. The standard InChI is InChI=1S/C26H28ClF3N4O/c27-21-5-1-2-6-22(21)32-23(17-24(31)26(28,29)30)18-7-9-19(10-8-18)25(35)34-15-11-20(12-16-34)33-13-3-4-14-33/h1-2,5-10,17,20,31-32H,3-4,11-16H2/b23-17-,31-24?. The van der Waals surface area contributed by atoms with E-state index < -0.39 is 11.9 Å². The zero-order chi connectivity index (χ0) is 25.0. The number of amides is 1. The van der Waals surface area contributed by atoms with Crippen LogP contribution in [0.1, 0.15) is 41.6 Å². The van der Waals surface area contributed by atoms with Crippen molar-refractivity contribution in [3.8, 4) is 0 Å². The van der Waals surface area contributed by atoms with Crippen molar-refractivity contribution in [1.29, 1.82) is 5.41 Å². The van der Waals surface area contributed by atoms with Crippen molar-refractivity contribution in [2.24, 2.45) is 0 Å². The molecule has 2 aromatic carbocycles. The molecular formula is C26H28ClF3N4O. The van der Waals surface area contributed by atoms with Gasteiger partial charge in [-0.05, 0) is 74.7 Å². The van der Waals surface area contributed by atoms with Gasteiger partial charge in [0.15, 0.2) is 0 Å². The first-order valence-corrected chi connectivity index (χ1v) is 12.1. The summed E-state index contributed by atoms with van der Waals surface area (Å²) in [6, 6.07) is 13.6. The Balaban J connectivity index is 1.49. The fraction of sp³-hybridized carbons (Fsp3) is 0.385. The van der Waals surface area contributed by atoms with Crippen LogP contribution in [0, 0.1) is 5.41 Å². The summed E-state index contributed by atoms with van der Waals surface area (Å²) < 4.78 is 39.2. The number of piperidine rings is 1. The summed E-state index contributed by atoms with van der Waals surface area (Å²) in [5.74, 6) is -0.0796. The van der Waals surface area contributed by atoms with Crippen LogP contribution >= 0.6 is 11.6 Å². The number of nitrogens with one attached hydrogen (secondary N) is 2. The first-order chi connectivity index (χ1) is 16.7. The van der Waals surface area contributed by atoms with E-state index in [1.807, 2.05) is 4.90 Å². The highest BCUT2D eigenvalue weighted by Gasteiger charge is 2.33. The number of halogens is 4. The minimum atomic E-state index is -4.79. The second kappa shape index (κ2) is 10.8. The Bertz CT molecular complexity index is 1090. The number of anilines is 1. The molecular weight excluding hydrogens is 477 g/mol. The van der Waals surface area contributed by atoms with E-state index in [4.69, 9.17) is 17.0 Å². The molecule has 0 radical (unpaired) electrons. The number of benzene rings is 2. The van der Waals surface area contributed by atoms with Crippen molar-refractivity contribution in [3.05, 3.63) is 70.8 Å². The molecule has 0 aromatic heterocycles. The molecule has 9 heteroatoms. The predicted molar refractivity (Wildman–Crippen MR) is 133 cm³/mol. The maximum Gasteiger partial charge on any atom is 0.432 e. The molecule has 2 aliphatic rings. The van der Waals surface area contributed by atoms with Crippen molar-refractivity contribution in [3.63, 3.8) is 0 Å².